The largest absolute Gasteiger partial charge is 0.508 e. The van der Waals surface area contributed by atoms with Crippen LogP contribution in [-0.4, -0.2) is 15.2 Å². The molecule has 0 unspecified atom stereocenters. The molecule has 1 heterocycles. The molecule has 2 N–H and O–H groups in total. The highest BCUT2D eigenvalue weighted by atomic mass is 32.1. The van der Waals surface area contributed by atoms with Crippen LogP contribution in [0.5, 0.6) is 5.75 Å². The molecule has 1 aliphatic heterocycles. The Balaban J connectivity index is 2.54. The molecule has 0 amide bonds. The Kier molecular flexibility index (Phi) is 2.50. The summed E-state index contributed by atoms with van der Waals surface area (Å²) in [5, 5.41) is 19.4. The van der Waals surface area contributed by atoms with Crippen molar-refractivity contribution < 1.29 is 10.2 Å². The standard InChI is InChI=1S/C14H9NO3S/c1-7(16)8-6-10(17)13(18)14-12(8)15-9-4-2-3-5-11(9)19-14/h2-6,16,18H,1H2. The smallest absolute Gasteiger partial charge is 0.222 e. The summed E-state index contributed by atoms with van der Waals surface area (Å²) in [5.74, 6) is -0.583. The van der Waals surface area contributed by atoms with E-state index in [1.807, 2.05) is 24.3 Å². The van der Waals surface area contributed by atoms with Gasteiger partial charge in [-0.2, -0.15) is 0 Å². The van der Waals surface area contributed by atoms with E-state index in [4.69, 9.17) is 0 Å². The first-order valence-electron chi connectivity index (χ1n) is 5.52. The summed E-state index contributed by atoms with van der Waals surface area (Å²) in [7, 11) is 0. The Labute approximate surface area is 112 Å². The predicted octanol–water partition coefficient (Wildman–Crippen LogP) is 3.00. The van der Waals surface area contributed by atoms with Gasteiger partial charge in [-0.1, -0.05) is 18.7 Å². The highest BCUT2D eigenvalue weighted by Gasteiger charge is 2.20. The van der Waals surface area contributed by atoms with Crippen LogP contribution in [0.2, 0.25) is 0 Å². The predicted molar refractivity (Wildman–Crippen MR) is 75.8 cm³/mol. The van der Waals surface area contributed by atoms with E-state index >= 15 is 0 Å². The number of hydrogen-bond acceptors (Lipinski definition) is 5. The lowest BCUT2D eigenvalue weighted by molar-refractivity contribution is 0.472. The number of aliphatic hydroxyl groups is 1. The highest BCUT2D eigenvalue weighted by molar-refractivity contribution is 7.21. The molecule has 0 fully saturated rings. The van der Waals surface area contributed by atoms with Gasteiger partial charge in [0.1, 0.15) is 5.76 Å². The first-order valence-corrected chi connectivity index (χ1v) is 6.33. The molecule has 4 nitrogen and oxygen atoms in total. The molecule has 2 aliphatic rings. The minimum atomic E-state index is -0.550. The van der Waals surface area contributed by atoms with Crippen molar-refractivity contribution in [3.05, 3.63) is 52.7 Å². The van der Waals surface area contributed by atoms with E-state index < -0.39 is 5.43 Å². The van der Waals surface area contributed by atoms with Gasteiger partial charge in [0.15, 0.2) is 5.75 Å². The monoisotopic (exact) mass is 271 g/mol. The SMILES string of the molecule is C=C(O)c1cc(=O)c(O)c2sc3ccccc3nc1-2. The van der Waals surface area contributed by atoms with Crippen LogP contribution in [0.15, 0.2) is 41.7 Å². The third-order valence-electron chi connectivity index (χ3n) is 2.81. The quantitative estimate of drug-likeness (QED) is 0.527. The number of para-hydroxylation sites is 1. The Hall–Kier alpha value is -2.40. The second kappa shape index (κ2) is 4.07. The Bertz CT molecular complexity index is 838. The van der Waals surface area contributed by atoms with Gasteiger partial charge in [0.2, 0.25) is 5.43 Å². The number of aliphatic hydroxyl groups excluding tert-OH is 1. The van der Waals surface area contributed by atoms with E-state index in [9.17, 15) is 15.0 Å². The lowest BCUT2D eigenvalue weighted by Crippen LogP contribution is -2.05. The van der Waals surface area contributed by atoms with Crippen LogP contribution in [0.3, 0.4) is 0 Å². The van der Waals surface area contributed by atoms with Crippen molar-refractivity contribution in [1.29, 1.82) is 0 Å². The number of aromatic nitrogens is 1. The molecule has 0 saturated heterocycles. The number of hydrogen-bond donors (Lipinski definition) is 2. The van der Waals surface area contributed by atoms with Crippen molar-refractivity contribution in [2.75, 3.05) is 0 Å². The van der Waals surface area contributed by atoms with Gasteiger partial charge in [0.25, 0.3) is 0 Å². The van der Waals surface area contributed by atoms with Crippen molar-refractivity contribution in [2.45, 2.75) is 0 Å². The Morgan fingerprint density at radius 1 is 1.32 bits per heavy atom. The topological polar surface area (TPSA) is 70.4 Å². The van der Waals surface area contributed by atoms with E-state index in [0.717, 1.165) is 16.3 Å². The van der Waals surface area contributed by atoms with Gasteiger partial charge in [-0.05, 0) is 12.1 Å². The average molecular weight is 271 g/mol. The maximum atomic E-state index is 11.7. The van der Waals surface area contributed by atoms with Crippen LogP contribution >= 0.6 is 11.3 Å². The van der Waals surface area contributed by atoms with Crippen LogP contribution in [-0.2, 0) is 0 Å². The van der Waals surface area contributed by atoms with E-state index in [2.05, 4.69) is 11.6 Å². The van der Waals surface area contributed by atoms with Gasteiger partial charge in [-0.3, -0.25) is 4.79 Å². The van der Waals surface area contributed by atoms with Gasteiger partial charge in [0, 0.05) is 11.6 Å². The summed E-state index contributed by atoms with van der Waals surface area (Å²) < 4.78 is 0.852. The molecule has 0 radical (unpaired) electrons. The molecule has 3 rings (SSSR count). The fraction of sp³-hybridized carbons (Fsp3) is 0. The van der Waals surface area contributed by atoms with Gasteiger partial charge >= 0.3 is 0 Å². The molecule has 0 spiro atoms. The molecule has 0 bridgehead atoms. The number of aromatic hydroxyl groups is 1. The van der Waals surface area contributed by atoms with Crippen molar-refractivity contribution in [3.63, 3.8) is 0 Å². The summed E-state index contributed by atoms with van der Waals surface area (Å²) >= 11 is 1.26. The first-order chi connectivity index (χ1) is 9.08. The number of fused-ring (bicyclic) bond motifs is 2. The minimum absolute atomic E-state index is 0.239. The zero-order valence-electron chi connectivity index (χ0n) is 9.75. The van der Waals surface area contributed by atoms with Crippen molar-refractivity contribution >= 4 is 27.3 Å². The van der Waals surface area contributed by atoms with E-state index in [1.54, 1.807) is 0 Å². The summed E-state index contributed by atoms with van der Waals surface area (Å²) in [6, 6.07) is 8.54. The van der Waals surface area contributed by atoms with Crippen LogP contribution in [0.25, 0.3) is 26.5 Å². The second-order valence-electron chi connectivity index (χ2n) is 4.08. The fourth-order valence-electron chi connectivity index (χ4n) is 1.91. The summed E-state index contributed by atoms with van der Waals surface area (Å²) in [5.41, 5.74) is 0.819. The normalized spacial score (nSPS) is 10.9. The Morgan fingerprint density at radius 3 is 2.79 bits per heavy atom. The van der Waals surface area contributed by atoms with Crippen LogP contribution in [0.1, 0.15) is 5.56 Å². The molecule has 0 atom stereocenters. The van der Waals surface area contributed by atoms with E-state index in [0.29, 0.717) is 10.6 Å². The Morgan fingerprint density at radius 2 is 2.05 bits per heavy atom. The molecule has 94 valence electrons. The molecule has 0 saturated carbocycles. The maximum Gasteiger partial charge on any atom is 0.222 e. The number of phenolic OH excluding ortho intramolecular Hbond substituents is 1. The third kappa shape index (κ3) is 1.75. The number of nitrogens with zero attached hydrogens (tertiary/aromatic N) is 1. The number of benzene rings is 2. The average Bonchev–Trinajstić information content (AvgIpc) is 2.41. The van der Waals surface area contributed by atoms with Gasteiger partial charge in [0.05, 0.1) is 20.8 Å². The van der Waals surface area contributed by atoms with Crippen molar-refractivity contribution in [2.24, 2.45) is 0 Å². The minimum Gasteiger partial charge on any atom is -0.508 e. The van der Waals surface area contributed by atoms with Crippen LogP contribution < -0.4 is 5.43 Å². The lowest BCUT2D eigenvalue weighted by Gasteiger charge is -2.11. The van der Waals surface area contributed by atoms with E-state index in [-0.39, 0.29) is 17.1 Å². The molecule has 19 heavy (non-hydrogen) atoms. The number of rotatable bonds is 1. The third-order valence-corrected chi connectivity index (χ3v) is 3.97. The van der Waals surface area contributed by atoms with Gasteiger partial charge in [-0.15, -0.1) is 11.3 Å². The molecule has 1 aromatic carbocycles. The summed E-state index contributed by atoms with van der Waals surface area (Å²) in [6.45, 7) is 3.43. The van der Waals surface area contributed by atoms with Crippen molar-refractivity contribution in [3.8, 4) is 16.3 Å². The molecule has 0 aromatic heterocycles. The van der Waals surface area contributed by atoms with E-state index in [1.165, 1.54) is 11.3 Å². The van der Waals surface area contributed by atoms with Gasteiger partial charge < -0.3 is 10.2 Å². The zero-order valence-corrected chi connectivity index (χ0v) is 10.6. The fourth-order valence-corrected chi connectivity index (χ4v) is 2.94. The van der Waals surface area contributed by atoms with Crippen molar-refractivity contribution in [1.82, 2.24) is 4.98 Å². The zero-order chi connectivity index (χ0) is 13.6. The van der Waals surface area contributed by atoms with Crippen LogP contribution in [0, 0.1) is 0 Å². The first kappa shape index (κ1) is 11.7. The number of phenols is 1. The molecule has 1 aliphatic carbocycles. The maximum absolute atomic E-state index is 11.7. The summed E-state index contributed by atoms with van der Waals surface area (Å²) in [6.07, 6.45) is 0. The molecular formula is C14H9NO3S. The molecule has 1 aromatic rings. The van der Waals surface area contributed by atoms with Crippen LogP contribution in [0.4, 0.5) is 0 Å². The molecule has 5 heteroatoms. The second-order valence-corrected chi connectivity index (χ2v) is 5.13. The highest BCUT2D eigenvalue weighted by Crippen LogP contribution is 2.38. The van der Waals surface area contributed by atoms with Gasteiger partial charge in [-0.25, -0.2) is 4.98 Å². The lowest BCUT2D eigenvalue weighted by atomic mass is 10.1. The molecular weight excluding hydrogens is 262 g/mol. The summed E-state index contributed by atoms with van der Waals surface area (Å²) in [4.78, 5) is 16.4.